The van der Waals surface area contributed by atoms with Gasteiger partial charge in [-0.1, -0.05) is 102 Å². The minimum Gasteiger partial charge on any atom is -0.490 e. The van der Waals surface area contributed by atoms with Gasteiger partial charge in [-0.05, 0) is 53.3 Å². The molecule has 0 aromatic heterocycles. The van der Waals surface area contributed by atoms with E-state index in [1.165, 1.54) is 49.3 Å². The summed E-state index contributed by atoms with van der Waals surface area (Å²) in [7, 11) is 0. The summed E-state index contributed by atoms with van der Waals surface area (Å²) < 4.78 is 7.77. The van der Waals surface area contributed by atoms with E-state index in [0.29, 0.717) is 0 Å². The highest BCUT2D eigenvalue weighted by atomic mass is 79.9. The fraction of sp³-hybridized carbons (Fsp3) is 0.615. The average molecular weight is 448 g/mol. The summed E-state index contributed by atoms with van der Waals surface area (Å²) in [5.74, 6) is 0.989. The molecule has 2 heteroatoms. The van der Waals surface area contributed by atoms with E-state index in [4.69, 9.17) is 4.74 Å². The molecule has 0 aliphatic carbocycles. The molecule has 0 heterocycles. The highest BCUT2D eigenvalue weighted by Gasteiger charge is 2.41. The molecule has 0 aliphatic rings. The van der Waals surface area contributed by atoms with E-state index in [1.807, 2.05) is 0 Å². The third-order valence-corrected chi connectivity index (χ3v) is 7.10. The lowest BCUT2D eigenvalue weighted by Gasteiger charge is -2.45. The van der Waals surface area contributed by atoms with Gasteiger partial charge in [0.05, 0.1) is 0 Å². The van der Waals surface area contributed by atoms with Crippen molar-refractivity contribution in [3.8, 4) is 5.75 Å². The Morgan fingerprint density at radius 2 is 1.43 bits per heavy atom. The van der Waals surface area contributed by atoms with Crippen LogP contribution in [0.2, 0.25) is 0 Å². The summed E-state index contributed by atoms with van der Waals surface area (Å²) in [5, 5.41) is 2.47. The summed E-state index contributed by atoms with van der Waals surface area (Å²) in [6, 6.07) is 12.9. The second-order valence-corrected chi connectivity index (χ2v) is 10.7. The molecule has 28 heavy (non-hydrogen) atoms. The Kier molecular flexibility index (Phi) is 8.43. The third kappa shape index (κ3) is 6.24. The topological polar surface area (TPSA) is 9.23 Å². The average Bonchev–Trinajstić information content (AvgIpc) is 2.62. The molecular formula is C26H39BrO. The van der Waals surface area contributed by atoms with Crippen LogP contribution in [0.4, 0.5) is 0 Å². The van der Waals surface area contributed by atoms with Gasteiger partial charge in [0.25, 0.3) is 0 Å². The molecule has 2 rings (SSSR count). The molecule has 1 atom stereocenters. The molecule has 1 nitrogen and oxygen atoms in total. The van der Waals surface area contributed by atoms with Crippen LogP contribution in [0.1, 0.15) is 86.5 Å². The van der Waals surface area contributed by atoms with Crippen molar-refractivity contribution in [3.63, 3.8) is 0 Å². The van der Waals surface area contributed by atoms with Crippen molar-refractivity contribution in [1.82, 2.24) is 0 Å². The second-order valence-electron chi connectivity index (χ2n) is 9.79. The van der Waals surface area contributed by atoms with Gasteiger partial charge in [0.2, 0.25) is 0 Å². The standard InChI is InChI=1S/C26H39BrO/c1-7-8-9-10-11-12-13-24(26(5,6)25(2,3)4)28-23-17-15-20-18-22(27)16-14-21(20)19-23/h14-19,24H,7-13H2,1-6H3. The van der Waals surface area contributed by atoms with Gasteiger partial charge in [0.15, 0.2) is 0 Å². The molecule has 0 saturated heterocycles. The number of hydrogen-bond donors (Lipinski definition) is 0. The van der Waals surface area contributed by atoms with Crippen molar-refractivity contribution in [3.05, 3.63) is 40.9 Å². The van der Waals surface area contributed by atoms with E-state index in [9.17, 15) is 0 Å². The normalized spacial score (nSPS) is 13.7. The first-order valence-corrected chi connectivity index (χ1v) is 11.8. The van der Waals surface area contributed by atoms with Crippen LogP contribution < -0.4 is 4.74 Å². The van der Waals surface area contributed by atoms with Gasteiger partial charge in [-0.3, -0.25) is 0 Å². The molecule has 0 amide bonds. The number of rotatable bonds is 10. The minimum atomic E-state index is 0.0884. The number of unbranched alkanes of at least 4 members (excludes halogenated alkanes) is 5. The van der Waals surface area contributed by atoms with E-state index in [-0.39, 0.29) is 16.9 Å². The van der Waals surface area contributed by atoms with Crippen LogP contribution in [0.15, 0.2) is 40.9 Å². The molecule has 0 bridgehead atoms. The van der Waals surface area contributed by atoms with Gasteiger partial charge in [-0.15, -0.1) is 0 Å². The first-order chi connectivity index (χ1) is 13.1. The van der Waals surface area contributed by atoms with Gasteiger partial charge in [-0.2, -0.15) is 0 Å². The zero-order chi connectivity index (χ0) is 20.8. The summed E-state index contributed by atoms with van der Waals surface area (Å²) in [6.45, 7) is 14.0. The maximum absolute atomic E-state index is 6.66. The summed E-state index contributed by atoms with van der Waals surface area (Å²) in [6.07, 6.45) is 9.27. The highest BCUT2D eigenvalue weighted by Crippen LogP contribution is 2.44. The van der Waals surface area contributed by atoms with Crippen molar-refractivity contribution < 1.29 is 4.74 Å². The predicted octanol–water partition coefficient (Wildman–Crippen LogP) is 9.17. The Labute approximate surface area is 181 Å². The maximum atomic E-state index is 6.66. The molecule has 0 N–H and O–H groups in total. The number of benzene rings is 2. The third-order valence-electron chi connectivity index (χ3n) is 6.61. The fourth-order valence-electron chi connectivity index (χ4n) is 3.59. The number of halogens is 1. The molecule has 0 radical (unpaired) electrons. The van der Waals surface area contributed by atoms with Crippen molar-refractivity contribution in [2.45, 2.75) is 92.6 Å². The lowest BCUT2D eigenvalue weighted by atomic mass is 9.65. The van der Waals surface area contributed by atoms with Crippen molar-refractivity contribution in [2.24, 2.45) is 10.8 Å². The molecule has 0 aliphatic heterocycles. The van der Waals surface area contributed by atoms with E-state index in [0.717, 1.165) is 16.6 Å². The van der Waals surface area contributed by atoms with Crippen LogP contribution in [0.25, 0.3) is 10.8 Å². The molecule has 0 spiro atoms. The minimum absolute atomic E-state index is 0.0884. The second kappa shape index (κ2) is 10.1. The Hall–Kier alpha value is -1.02. The van der Waals surface area contributed by atoms with Crippen LogP contribution >= 0.6 is 15.9 Å². The SMILES string of the molecule is CCCCCCCCC(Oc1ccc2cc(Br)ccc2c1)C(C)(C)C(C)(C)C. The van der Waals surface area contributed by atoms with Crippen LogP contribution in [-0.2, 0) is 0 Å². The van der Waals surface area contributed by atoms with Gasteiger partial charge < -0.3 is 4.74 Å². The van der Waals surface area contributed by atoms with Crippen molar-refractivity contribution >= 4 is 26.7 Å². The Bertz CT molecular complexity index is 742. The zero-order valence-corrected chi connectivity index (χ0v) is 20.4. The van der Waals surface area contributed by atoms with Crippen molar-refractivity contribution in [1.29, 1.82) is 0 Å². The molecule has 0 saturated carbocycles. The first-order valence-electron chi connectivity index (χ1n) is 11.0. The van der Waals surface area contributed by atoms with Gasteiger partial charge in [-0.25, -0.2) is 0 Å². The van der Waals surface area contributed by atoms with Crippen LogP contribution in [0.3, 0.4) is 0 Å². The van der Waals surface area contributed by atoms with Gasteiger partial charge >= 0.3 is 0 Å². The number of hydrogen-bond acceptors (Lipinski definition) is 1. The summed E-state index contributed by atoms with van der Waals surface area (Å²) >= 11 is 3.56. The molecule has 0 fully saturated rings. The summed E-state index contributed by atoms with van der Waals surface area (Å²) in [4.78, 5) is 0. The lowest BCUT2D eigenvalue weighted by Crippen LogP contribution is -2.44. The Balaban J connectivity index is 2.13. The van der Waals surface area contributed by atoms with Crippen LogP contribution in [0.5, 0.6) is 5.75 Å². The highest BCUT2D eigenvalue weighted by molar-refractivity contribution is 9.10. The molecule has 156 valence electrons. The summed E-state index contributed by atoms with van der Waals surface area (Å²) in [5.41, 5.74) is 0.271. The van der Waals surface area contributed by atoms with Gasteiger partial charge in [0.1, 0.15) is 11.9 Å². The maximum Gasteiger partial charge on any atom is 0.120 e. The first kappa shape index (κ1) is 23.3. The Morgan fingerprint density at radius 3 is 2.11 bits per heavy atom. The van der Waals surface area contributed by atoms with Crippen LogP contribution in [0, 0.1) is 10.8 Å². The Morgan fingerprint density at radius 1 is 0.821 bits per heavy atom. The fourth-order valence-corrected chi connectivity index (χ4v) is 3.97. The number of ether oxygens (including phenoxy) is 1. The lowest BCUT2D eigenvalue weighted by molar-refractivity contribution is -0.0165. The monoisotopic (exact) mass is 446 g/mol. The zero-order valence-electron chi connectivity index (χ0n) is 18.8. The largest absolute Gasteiger partial charge is 0.490 e. The molecule has 2 aromatic rings. The van der Waals surface area contributed by atoms with Crippen molar-refractivity contribution in [2.75, 3.05) is 0 Å². The van der Waals surface area contributed by atoms with Gasteiger partial charge in [0, 0.05) is 9.89 Å². The smallest absolute Gasteiger partial charge is 0.120 e. The van der Waals surface area contributed by atoms with E-state index in [1.54, 1.807) is 0 Å². The molecular weight excluding hydrogens is 408 g/mol. The molecule has 2 aromatic carbocycles. The quantitative estimate of drug-likeness (QED) is 0.330. The van der Waals surface area contributed by atoms with Crippen LogP contribution in [-0.4, -0.2) is 6.10 Å². The molecule has 1 unspecified atom stereocenters. The number of fused-ring (bicyclic) bond motifs is 1. The van der Waals surface area contributed by atoms with E-state index in [2.05, 4.69) is 93.9 Å². The van der Waals surface area contributed by atoms with E-state index < -0.39 is 0 Å². The van der Waals surface area contributed by atoms with E-state index >= 15 is 0 Å². The predicted molar refractivity (Wildman–Crippen MR) is 127 cm³/mol.